The van der Waals surface area contributed by atoms with Crippen LogP contribution >= 0.6 is 0 Å². The molecule has 0 bridgehead atoms. The molecule has 1 aromatic carbocycles. The molecular weight excluding hydrogens is 220 g/mol. The van der Waals surface area contributed by atoms with Crippen molar-refractivity contribution in [1.29, 1.82) is 0 Å². The molecule has 2 aromatic rings. The first-order chi connectivity index (χ1) is 8.11. The third-order valence-corrected chi connectivity index (χ3v) is 2.42. The summed E-state index contributed by atoms with van der Waals surface area (Å²) in [6.07, 6.45) is 0. The smallest absolute Gasteiger partial charge is 0.356 e. The number of hydrogen-bond donors (Lipinski definition) is 1. The molecule has 0 fully saturated rings. The molecular formula is C12H12N2O3. The lowest BCUT2D eigenvalue weighted by atomic mass is 10.3. The Balaban J connectivity index is 2.41. The van der Waals surface area contributed by atoms with Crippen LogP contribution < -0.4 is 4.74 Å². The minimum Gasteiger partial charge on any atom is -0.497 e. The van der Waals surface area contributed by atoms with Crippen LogP contribution in [0, 0.1) is 6.92 Å². The number of nitrogens with zero attached hydrogens (tertiary/aromatic N) is 2. The zero-order valence-electron chi connectivity index (χ0n) is 9.54. The van der Waals surface area contributed by atoms with Crippen molar-refractivity contribution in [2.75, 3.05) is 7.11 Å². The first-order valence-corrected chi connectivity index (χ1v) is 5.06. The molecule has 0 aliphatic rings. The van der Waals surface area contributed by atoms with Crippen molar-refractivity contribution in [3.05, 3.63) is 41.7 Å². The van der Waals surface area contributed by atoms with E-state index in [1.165, 1.54) is 6.07 Å². The number of ether oxygens (including phenoxy) is 1. The van der Waals surface area contributed by atoms with Crippen molar-refractivity contribution in [1.82, 2.24) is 9.78 Å². The van der Waals surface area contributed by atoms with Crippen LogP contribution in [0.25, 0.3) is 5.69 Å². The molecule has 0 amide bonds. The largest absolute Gasteiger partial charge is 0.497 e. The SMILES string of the molecule is COc1ccc(-n2nc(C(=O)O)cc2C)cc1. The molecule has 0 saturated carbocycles. The summed E-state index contributed by atoms with van der Waals surface area (Å²) < 4.78 is 6.64. The molecule has 17 heavy (non-hydrogen) atoms. The average Bonchev–Trinajstić information content (AvgIpc) is 2.72. The summed E-state index contributed by atoms with van der Waals surface area (Å²) in [4.78, 5) is 10.8. The Kier molecular flexibility index (Phi) is 2.82. The van der Waals surface area contributed by atoms with Crippen LogP contribution in [-0.4, -0.2) is 28.0 Å². The van der Waals surface area contributed by atoms with Gasteiger partial charge in [0, 0.05) is 5.69 Å². The molecule has 1 aromatic heterocycles. The molecule has 5 heteroatoms. The van der Waals surface area contributed by atoms with Gasteiger partial charge in [-0.25, -0.2) is 9.48 Å². The predicted octanol–water partition coefficient (Wildman–Crippen LogP) is 1.89. The third kappa shape index (κ3) is 2.13. The minimum absolute atomic E-state index is 0.0401. The second-order valence-electron chi connectivity index (χ2n) is 3.59. The summed E-state index contributed by atoms with van der Waals surface area (Å²) >= 11 is 0. The van der Waals surface area contributed by atoms with Crippen LogP contribution in [0.15, 0.2) is 30.3 Å². The summed E-state index contributed by atoms with van der Waals surface area (Å²) in [5.41, 5.74) is 1.61. The molecule has 2 rings (SSSR count). The summed E-state index contributed by atoms with van der Waals surface area (Å²) in [6.45, 7) is 1.81. The zero-order valence-corrected chi connectivity index (χ0v) is 9.54. The Morgan fingerprint density at radius 3 is 2.47 bits per heavy atom. The monoisotopic (exact) mass is 232 g/mol. The van der Waals surface area contributed by atoms with Crippen molar-refractivity contribution in [2.24, 2.45) is 0 Å². The number of benzene rings is 1. The zero-order chi connectivity index (χ0) is 12.4. The highest BCUT2D eigenvalue weighted by molar-refractivity contribution is 5.85. The Morgan fingerprint density at radius 1 is 1.35 bits per heavy atom. The fourth-order valence-corrected chi connectivity index (χ4v) is 1.56. The predicted molar refractivity (Wildman–Crippen MR) is 61.8 cm³/mol. The van der Waals surface area contributed by atoms with Gasteiger partial charge >= 0.3 is 5.97 Å². The van der Waals surface area contributed by atoms with E-state index in [0.29, 0.717) is 0 Å². The molecule has 0 atom stereocenters. The maximum absolute atomic E-state index is 10.8. The molecule has 1 N–H and O–H groups in total. The van der Waals surface area contributed by atoms with Crippen LogP contribution in [-0.2, 0) is 0 Å². The van der Waals surface area contributed by atoms with Gasteiger partial charge in [0.1, 0.15) is 5.75 Å². The lowest BCUT2D eigenvalue weighted by Gasteiger charge is -2.05. The van der Waals surface area contributed by atoms with Gasteiger partial charge in [-0.3, -0.25) is 0 Å². The van der Waals surface area contributed by atoms with Gasteiger partial charge in [-0.05, 0) is 37.3 Å². The minimum atomic E-state index is -1.03. The molecule has 0 aliphatic carbocycles. The highest BCUT2D eigenvalue weighted by atomic mass is 16.5. The van der Waals surface area contributed by atoms with Crippen molar-refractivity contribution >= 4 is 5.97 Å². The van der Waals surface area contributed by atoms with Gasteiger partial charge in [-0.1, -0.05) is 0 Å². The number of rotatable bonds is 3. The Bertz CT molecular complexity index is 543. The van der Waals surface area contributed by atoms with Gasteiger partial charge in [0.05, 0.1) is 12.8 Å². The van der Waals surface area contributed by atoms with E-state index in [1.807, 2.05) is 19.1 Å². The summed E-state index contributed by atoms with van der Waals surface area (Å²) in [6, 6.07) is 8.79. The first-order valence-electron chi connectivity index (χ1n) is 5.06. The number of aromatic carboxylic acids is 1. The number of carbonyl (C=O) groups is 1. The van der Waals surface area contributed by atoms with Crippen LogP contribution in [0.3, 0.4) is 0 Å². The number of aromatic nitrogens is 2. The molecule has 88 valence electrons. The van der Waals surface area contributed by atoms with E-state index in [1.54, 1.807) is 23.9 Å². The van der Waals surface area contributed by atoms with Crippen LogP contribution in [0.2, 0.25) is 0 Å². The quantitative estimate of drug-likeness (QED) is 0.877. The number of carboxylic acids is 1. The van der Waals surface area contributed by atoms with Crippen LogP contribution in [0.1, 0.15) is 16.2 Å². The van der Waals surface area contributed by atoms with Crippen molar-refractivity contribution < 1.29 is 14.6 Å². The lowest BCUT2D eigenvalue weighted by Crippen LogP contribution is -2.02. The summed E-state index contributed by atoms with van der Waals surface area (Å²) in [5.74, 6) is -0.280. The second kappa shape index (κ2) is 4.29. The third-order valence-electron chi connectivity index (χ3n) is 2.42. The molecule has 0 unspecified atom stereocenters. The normalized spacial score (nSPS) is 10.2. The van der Waals surface area contributed by atoms with Crippen LogP contribution in [0.4, 0.5) is 0 Å². The van der Waals surface area contributed by atoms with Crippen LogP contribution in [0.5, 0.6) is 5.75 Å². The second-order valence-corrected chi connectivity index (χ2v) is 3.59. The fraction of sp³-hybridized carbons (Fsp3) is 0.167. The van der Waals surface area contributed by atoms with E-state index < -0.39 is 5.97 Å². The standard InChI is InChI=1S/C12H12N2O3/c1-8-7-11(12(15)16)13-14(8)9-3-5-10(17-2)6-4-9/h3-7H,1-2H3,(H,15,16). The van der Waals surface area contributed by atoms with E-state index in [2.05, 4.69) is 5.10 Å². The Morgan fingerprint density at radius 2 is 2.00 bits per heavy atom. The van der Waals surface area contributed by atoms with E-state index >= 15 is 0 Å². The highest BCUT2D eigenvalue weighted by Gasteiger charge is 2.11. The Hall–Kier alpha value is -2.30. The molecule has 0 saturated heterocycles. The van der Waals surface area contributed by atoms with Gasteiger partial charge in [0.25, 0.3) is 0 Å². The number of methoxy groups -OCH3 is 1. The summed E-state index contributed by atoms with van der Waals surface area (Å²) in [7, 11) is 1.59. The van der Waals surface area contributed by atoms with Crippen molar-refractivity contribution in [3.8, 4) is 11.4 Å². The molecule has 0 radical (unpaired) electrons. The molecule has 1 heterocycles. The lowest BCUT2D eigenvalue weighted by molar-refractivity contribution is 0.0690. The summed E-state index contributed by atoms with van der Waals surface area (Å²) in [5, 5.41) is 12.9. The Labute approximate surface area is 98.3 Å². The van der Waals surface area contributed by atoms with Gasteiger partial charge in [-0.2, -0.15) is 5.10 Å². The van der Waals surface area contributed by atoms with Gasteiger partial charge in [0.2, 0.25) is 0 Å². The van der Waals surface area contributed by atoms with E-state index in [-0.39, 0.29) is 5.69 Å². The highest BCUT2D eigenvalue weighted by Crippen LogP contribution is 2.16. The van der Waals surface area contributed by atoms with E-state index in [0.717, 1.165) is 17.1 Å². The van der Waals surface area contributed by atoms with Gasteiger partial charge in [0.15, 0.2) is 5.69 Å². The maximum atomic E-state index is 10.8. The maximum Gasteiger partial charge on any atom is 0.356 e. The molecule has 0 aliphatic heterocycles. The topological polar surface area (TPSA) is 64.4 Å². The van der Waals surface area contributed by atoms with E-state index in [4.69, 9.17) is 9.84 Å². The number of carboxylic acid groups (broad SMARTS) is 1. The average molecular weight is 232 g/mol. The van der Waals surface area contributed by atoms with Gasteiger partial charge < -0.3 is 9.84 Å². The fourth-order valence-electron chi connectivity index (χ4n) is 1.56. The number of aryl methyl sites for hydroxylation is 1. The van der Waals surface area contributed by atoms with E-state index in [9.17, 15) is 4.79 Å². The first kappa shape index (κ1) is 11.2. The number of hydrogen-bond acceptors (Lipinski definition) is 3. The van der Waals surface area contributed by atoms with Crippen molar-refractivity contribution in [2.45, 2.75) is 6.92 Å². The van der Waals surface area contributed by atoms with Crippen molar-refractivity contribution in [3.63, 3.8) is 0 Å². The molecule has 0 spiro atoms. The van der Waals surface area contributed by atoms with Gasteiger partial charge in [-0.15, -0.1) is 0 Å². The molecule has 5 nitrogen and oxygen atoms in total.